The van der Waals surface area contributed by atoms with Crippen LogP contribution in [0.2, 0.25) is 0 Å². The minimum Gasteiger partial charge on any atom is -0.495 e. The molecule has 0 radical (unpaired) electrons. The fourth-order valence-electron chi connectivity index (χ4n) is 3.49. The lowest BCUT2D eigenvalue weighted by molar-refractivity contribution is 0.0736. The molecule has 31 heavy (non-hydrogen) atoms. The van der Waals surface area contributed by atoms with Crippen LogP contribution >= 0.6 is 12.4 Å². The van der Waals surface area contributed by atoms with E-state index in [1.807, 2.05) is 0 Å². The van der Waals surface area contributed by atoms with Crippen LogP contribution in [0.3, 0.4) is 0 Å². The second-order valence-corrected chi connectivity index (χ2v) is 8.89. The summed E-state index contributed by atoms with van der Waals surface area (Å²) in [6.07, 6.45) is 0.179. The van der Waals surface area contributed by atoms with E-state index >= 15 is 0 Å². The van der Waals surface area contributed by atoms with Crippen molar-refractivity contribution in [1.29, 1.82) is 0 Å². The van der Waals surface area contributed by atoms with E-state index in [2.05, 4.69) is 10.0 Å². The predicted molar refractivity (Wildman–Crippen MR) is 119 cm³/mol. The average molecular weight is 471 g/mol. The lowest BCUT2D eigenvalue weighted by Gasteiger charge is -2.27. The van der Waals surface area contributed by atoms with E-state index in [1.165, 1.54) is 25.5 Å². The van der Waals surface area contributed by atoms with Gasteiger partial charge in [-0.2, -0.15) is 0 Å². The van der Waals surface area contributed by atoms with Gasteiger partial charge in [0.15, 0.2) is 11.3 Å². The fraction of sp³-hybridized carbons (Fsp3) is 0.333. The van der Waals surface area contributed by atoms with Crippen LogP contribution in [0.1, 0.15) is 12.0 Å². The van der Waals surface area contributed by atoms with Crippen LogP contribution in [-0.2, 0) is 10.0 Å². The number of anilines is 1. The number of hydrogen-bond donors (Lipinski definition) is 2. The number of ether oxygens (including phenoxy) is 2. The molecule has 1 aliphatic rings. The first-order valence-electron chi connectivity index (χ1n) is 9.57. The van der Waals surface area contributed by atoms with Crippen molar-refractivity contribution in [2.75, 3.05) is 24.9 Å². The van der Waals surface area contributed by atoms with Crippen molar-refractivity contribution in [2.24, 2.45) is 0 Å². The summed E-state index contributed by atoms with van der Waals surface area (Å²) in [5.74, 6) is 0.532. The molecule has 2 heterocycles. The van der Waals surface area contributed by atoms with Gasteiger partial charge in [-0.1, -0.05) is 6.07 Å². The summed E-state index contributed by atoms with van der Waals surface area (Å²) in [5, 5.41) is 3.62. The van der Waals surface area contributed by atoms with E-state index in [4.69, 9.17) is 13.9 Å². The highest BCUT2D eigenvalue weighted by molar-refractivity contribution is 7.92. The molecule has 1 aromatic heterocycles. The van der Waals surface area contributed by atoms with Gasteiger partial charge in [-0.3, -0.25) is 4.72 Å². The second-order valence-electron chi connectivity index (χ2n) is 7.24. The zero-order valence-corrected chi connectivity index (χ0v) is 18.7. The first-order chi connectivity index (χ1) is 14.4. The lowest BCUT2D eigenvalue weighted by Crippen LogP contribution is -2.44. The molecule has 1 saturated heterocycles. The quantitative estimate of drug-likeness (QED) is 0.565. The van der Waals surface area contributed by atoms with Crippen LogP contribution in [0.25, 0.3) is 11.0 Å². The van der Waals surface area contributed by atoms with Crippen molar-refractivity contribution in [1.82, 2.24) is 5.32 Å². The number of nitrogens with one attached hydrogen (secondary N) is 2. The molecule has 2 N–H and O–H groups in total. The number of rotatable bonds is 6. The summed E-state index contributed by atoms with van der Waals surface area (Å²) in [5.41, 5.74) is 1.51. The summed E-state index contributed by atoms with van der Waals surface area (Å²) >= 11 is 0. The third-order valence-electron chi connectivity index (χ3n) is 5.00. The van der Waals surface area contributed by atoms with Crippen LogP contribution in [0.4, 0.5) is 10.1 Å². The van der Waals surface area contributed by atoms with E-state index in [1.54, 1.807) is 31.2 Å². The Hall–Kier alpha value is -2.49. The molecule has 0 spiro atoms. The molecule has 0 unspecified atom stereocenters. The number of aryl methyl sites for hydroxylation is 1. The third kappa shape index (κ3) is 4.89. The number of benzene rings is 2. The van der Waals surface area contributed by atoms with Gasteiger partial charge in [0.25, 0.3) is 10.0 Å². The molecule has 10 heteroatoms. The molecule has 0 bridgehead atoms. The van der Waals surface area contributed by atoms with Crippen LogP contribution < -0.4 is 19.5 Å². The van der Waals surface area contributed by atoms with Crippen molar-refractivity contribution in [2.45, 2.75) is 30.5 Å². The van der Waals surface area contributed by atoms with Gasteiger partial charge in [-0.25, -0.2) is 12.8 Å². The van der Waals surface area contributed by atoms with Gasteiger partial charge in [0.05, 0.1) is 19.1 Å². The summed E-state index contributed by atoms with van der Waals surface area (Å²) in [4.78, 5) is 0.0296. The molecule has 0 amide bonds. The standard InChI is InChI=1S/C21H23FN2O5S.ClH/c1-13-3-4-18(27-2)20(9-13)30(25,26)24-15-10-14-6-8-28-21(14)19(11-15)29-17-5-7-23-12-16(17)22;/h3-4,6,8-11,16-17,23-24H,5,7,12H2,1-2H3;1H/t16-,17+;/m0./s1. The number of furan rings is 1. The first-order valence-corrected chi connectivity index (χ1v) is 11.1. The topological polar surface area (TPSA) is 89.8 Å². The smallest absolute Gasteiger partial charge is 0.265 e. The maximum atomic E-state index is 14.2. The molecule has 1 fully saturated rings. The maximum Gasteiger partial charge on any atom is 0.265 e. The molecule has 0 saturated carbocycles. The Bertz CT molecular complexity index is 1170. The van der Waals surface area contributed by atoms with Crippen LogP contribution in [0, 0.1) is 6.92 Å². The lowest BCUT2D eigenvalue weighted by atomic mass is 10.1. The fourth-order valence-corrected chi connectivity index (χ4v) is 4.79. The van der Waals surface area contributed by atoms with E-state index < -0.39 is 22.3 Å². The molecule has 4 rings (SSSR count). The highest BCUT2D eigenvalue weighted by Crippen LogP contribution is 2.34. The van der Waals surface area contributed by atoms with Crippen molar-refractivity contribution in [3.8, 4) is 11.5 Å². The number of piperidine rings is 1. The van der Waals surface area contributed by atoms with Gasteiger partial charge >= 0.3 is 0 Å². The Kier molecular flexibility index (Phi) is 6.98. The summed E-state index contributed by atoms with van der Waals surface area (Å²) in [7, 11) is -2.52. The third-order valence-corrected chi connectivity index (χ3v) is 6.41. The van der Waals surface area contributed by atoms with Crippen LogP contribution in [0.5, 0.6) is 11.5 Å². The van der Waals surface area contributed by atoms with E-state index in [9.17, 15) is 12.8 Å². The highest BCUT2D eigenvalue weighted by atomic mass is 35.5. The van der Waals surface area contributed by atoms with Gasteiger partial charge in [0.2, 0.25) is 0 Å². The Morgan fingerprint density at radius 2 is 2.00 bits per heavy atom. The van der Waals surface area contributed by atoms with Crippen molar-refractivity contribution < 1.29 is 26.7 Å². The Labute approximate surface area is 186 Å². The molecule has 3 aromatic rings. The largest absolute Gasteiger partial charge is 0.495 e. The number of alkyl halides is 1. The van der Waals surface area contributed by atoms with Crippen molar-refractivity contribution >= 4 is 39.1 Å². The summed E-state index contributed by atoms with van der Waals surface area (Å²) in [6, 6.07) is 9.77. The number of sulfonamides is 1. The minimum absolute atomic E-state index is 0. The van der Waals surface area contributed by atoms with Crippen LogP contribution in [0.15, 0.2) is 52.0 Å². The average Bonchev–Trinajstić information content (AvgIpc) is 3.18. The highest BCUT2D eigenvalue weighted by Gasteiger charge is 2.28. The number of halogens is 2. The van der Waals surface area contributed by atoms with E-state index in [0.29, 0.717) is 29.7 Å². The molecule has 7 nitrogen and oxygen atoms in total. The number of fused-ring (bicyclic) bond motifs is 1. The zero-order chi connectivity index (χ0) is 21.3. The zero-order valence-electron chi connectivity index (χ0n) is 17.1. The number of methoxy groups -OCH3 is 1. The summed E-state index contributed by atoms with van der Waals surface area (Å²) < 4.78 is 59.5. The Balaban J connectivity index is 0.00000272. The van der Waals surface area contributed by atoms with Gasteiger partial charge in [0, 0.05) is 18.0 Å². The van der Waals surface area contributed by atoms with Crippen molar-refractivity contribution in [3.63, 3.8) is 0 Å². The second kappa shape index (κ2) is 9.33. The van der Waals surface area contributed by atoms with Gasteiger partial charge in [-0.15, -0.1) is 12.4 Å². The molecular weight excluding hydrogens is 447 g/mol. The summed E-state index contributed by atoms with van der Waals surface area (Å²) in [6.45, 7) is 2.66. The van der Waals surface area contributed by atoms with Gasteiger partial charge in [0.1, 0.15) is 22.9 Å². The molecule has 2 atom stereocenters. The first kappa shape index (κ1) is 23.2. The van der Waals surface area contributed by atoms with Gasteiger partial charge in [-0.05, 0) is 49.7 Å². The monoisotopic (exact) mass is 470 g/mol. The molecular formula is C21H24ClFN2O5S. The molecule has 1 aliphatic heterocycles. The number of hydrogen-bond acceptors (Lipinski definition) is 6. The minimum atomic E-state index is -3.94. The molecule has 0 aliphatic carbocycles. The SMILES string of the molecule is COc1ccc(C)cc1S(=O)(=O)Nc1cc(O[C@@H]2CCNC[C@@H]2F)c2occc2c1.Cl. The molecule has 168 valence electrons. The van der Waals surface area contributed by atoms with Gasteiger partial charge < -0.3 is 19.2 Å². The molecule has 2 aromatic carbocycles. The normalized spacial score (nSPS) is 18.9. The predicted octanol–water partition coefficient (Wildman–Crippen LogP) is 4.05. The van der Waals surface area contributed by atoms with E-state index in [-0.39, 0.29) is 35.3 Å². The Morgan fingerprint density at radius 3 is 2.74 bits per heavy atom. The van der Waals surface area contributed by atoms with Crippen LogP contribution in [-0.4, -0.2) is 40.9 Å². The van der Waals surface area contributed by atoms with Crippen molar-refractivity contribution in [3.05, 3.63) is 48.2 Å². The van der Waals surface area contributed by atoms with E-state index in [0.717, 1.165) is 5.56 Å². The maximum absolute atomic E-state index is 14.2. The Morgan fingerprint density at radius 1 is 1.19 bits per heavy atom.